The van der Waals surface area contributed by atoms with Gasteiger partial charge in [0.05, 0.1) is 24.3 Å². The highest BCUT2D eigenvalue weighted by atomic mass is 19.1. The number of carbonyl (C=O) groups excluding carboxylic acids is 1. The van der Waals surface area contributed by atoms with Crippen LogP contribution in [0, 0.1) is 11.6 Å². The number of ether oxygens (including phenoxy) is 1. The minimum atomic E-state index is -0.687. The van der Waals surface area contributed by atoms with Crippen LogP contribution in [0.3, 0.4) is 0 Å². The minimum Gasteiger partial charge on any atom is -0.378 e. The Kier molecular flexibility index (Phi) is 5.31. The summed E-state index contributed by atoms with van der Waals surface area (Å²) < 4.78 is 33.3. The zero-order valence-electron chi connectivity index (χ0n) is 15.7. The quantitative estimate of drug-likeness (QED) is 0.854. The summed E-state index contributed by atoms with van der Waals surface area (Å²) in [6, 6.07) is 11.0. The lowest BCUT2D eigenvalue weighted by Gasteiger charge is -2.30. The summed E-state index contributed by atoms with van der Waals surface area (Å²) in [7, 11) is 0. The number of halogens is 2. The molecule has 2 aliphatic rings. The molecule has 28 heavy (non-hydrogen) atoms. The maximum absolute atomic E-state index is 14.6. The van der Waals surface area contributed by atoms with Crippen LogP contribution >= 0.6 is 0 Å². The van der Waals surface area contributed by atoms with Crippen molar-refractivity contribution in [3.05, 3.63) is 59.7 Å². The van der Waals surface area contributed by atoms with Gasteiger partial charge in [-0.15, -0.1) is 0 Å². The molecular formula is C22H24F2N2O2. The molecule has 0 bridgehead atoms. The van der Waals surface area contributed by atoms with Crippen molar-refractivity contribution in [2.24, 2.45) is 0 Å². The lowest BCUT2D eigenvalue weighted by molar-refractivity contribution is -0.121. The van der Waals surface area contributed by atoms with Gasteiger partial charge in [0.15, 0.2) is 0 Å². The Morgan fingerprint density at radius 1 is 1.00 bits per heavy atom. The number of nitrogens with one attached hydrogen (secondary N) is 1. The fourth-order valence-corrected chi connectivity index (χ4v) is 4.29. The fourth-order valence-electron chi connectivity index (χ4n) is 4.29. The van der Waals surface area contributed by atoms with Crippen LogP contribution in [0.5, 0.6) is 0 Å². The normalized spacial score (nSPS) is 18.9. The largest absolute Gasteiger partial charge is 0.378 e. The van der Waals surface area contributed by atoms with Gasteiger partial charge in [-0.1, -0.05) is 25.0 Å². The number of morpholine rings is 1. The van der Waals surface area contributed by atoms with E-state index in [1.54, 1.807) is 24.3 Å². The minimum absolute atomic E-state index is 0.157. The van der Waals surface area contributed by atoms with E-state index < -0.39 is 5.41 Å². The summed E-state index contributed by atoms with van der Waals surface area (Å²) in [6.07, 6.45) is 3.29. The number of benzene rings is 2. The maximum atomic E-state index is 14.6. The number of carbonyl (C=O) groups is 1. The molecule has 1 heterocycles. The van der Waals surface area contributed by atoms with Crippen molar-refractivity contribution in [2.45, 2.75) is 31.1 Å². The average molecular weight is 386 g/mol. The molecule has 1 aliphatic carbocycles. The second-order valence-corrected chi connectivity index (χ2v) is 7.52. The fraction of sp³-hybridized carbons (Fsp3) is 0.409. The summed E-state index contributed by atoms with van der Waals surface area (Å²) in [5, 5.41) is 2.89. The first-order valence-corrected chi connectivity index (χ1v) is 9.78. The van der Waals surface area contributed by atoms with Crippen LogP contribution < -0.4 is 10.2 Å². The smallest absolute Gasteiger partial charge is 0.235 e. The summed E-state index contributed by atoms with van der Waals surface area (Å²) in [6.45, 7) is 2.46. The molecule has 0 atom stereocenters. The van der Waals surface area contributed by atoms with Crippen molar-refractivity contribution in [2.75, 3.05) is 36.5 Å². The number of hydrogen-bond donors (Lipinski definition) is 1. The molecule has 6 heteroatoms. The molecule has 2 fully saturated rings. The van der Waals surface area contributed by atoms with Crippen LogP contribution in [-0.4, -0.2) is 32.2 Å². The van der Waals surface area contributed by atoms with Gasteiger partial charge in [0.25, 0.3) is 0 Å². The van der Waals surface area contributed by atoms with Crippen LogP contribution in [-0.2, 0) is 14.9 Å². The first kappa shape index (κ1) is 18.9. The second kappa shape index (κ2) is 7.87. The number of anilines is 2. The Morgan fingerprint density at radius 3 is 2.32 bits per heavy atom. The van der Waals surface area contributed by atoms with Crippen LogP contribution in [0.15, 0.2) is 42.5 Å². The van der Waals surface area contributed by atoms with E-state index in [0.29, 0.717) is 50.5 Å². The van der Waals surface area contributed by atoms with Gasteiger partial charge < -0.3 is 15.0 Å². The lowest BCUT2D eigenvalue weighted by atomic mass is 9.78. The van der Waals surface area contributed by atoms with Gasteiger partial charge in [0, 0.05) is 18.8 Å². The molecule has 2 aromatic carbocycles. The van der Waals surface area contributed by atoms with E-state index in [1.807, 2.05) is 4.90 Å². The predicted octanol–water partition coefficient (Wildman–Crippen LogP) is 4.25. The molecule has 148 valence electrons. The molecule has 0 aromatic heterocycles. The predicted molar refractivity (Wildman–Crippen MR) is 105 cm³/mol. The van der Waals surface area contributed by atoms with Crippen molar-refractivity contribution in [3.8, 4) is 0 Å². The zero-order chi connectivity index (χ0) is 19.6. The average Bonchev–Trinajstić information content (AvgIpc) is 3.20. The third-order valence-corrected chi connectivity index (χ3v) is 5.85. The first-order chi connectivity index (χ1) is 13.6. The highest BCUT2D eigenvalue weighted by Crippen LogP contribution is 2.42. The van der Waals surface area contributed by atoms with Crippen molar-refractivity contribution >= 4 is 17.3 Å². The highest BCUT2D eigenvalue weighted by Gasteiger charge is 2.42. The molecule has 0 spiro atoms. The molecule has 4 rings (SSSR count). The number of hydrogen-bond acceptors (Lipinski definition) is 3. The van der Waals surface area contributed by atoms with E-state index in [2.05, 4.69) is 5.32 Å². The van der Waals surface area contributed by atoms with E-state index in [4.69, 9.17) is 4.74 Å². The number of rotatable bonds is 4. The molecule has 0 unspecified atom stereocenters. The molecule has 1 saturated carbocycles. The van der Waals surface area contributed by atoms with Crippen molar-refractivity contribution in [1.29, 1.82) is 0 Å². The van der Waals surface area contributed by atoms with Gasteiger partial charge >= 0.3 is 0 Å². The second-order valence-electron chi connectivity index (χ2n) is 7.52. The summed E-state index contributed by atoms with van der Waals surface area (Å²) in [5.74, 6) is -0.838. The standard InChI is InChI=1S/C22H24F2N2O2/c23-17-5-3-16(4-6-17)22(9-1-2-10-22)21(27)25-18-7-8-20(19(24)15-18)26-11-13-28-14-12-26/h3-8,15H,1-2,9-14H2,(H,25,27). The van der Waals surface area contributed by atoms with Crippen molar-refractivity contribution < 1.29 is 18.3 Å². The molecule has 0 radical (unpaired) electrons. The number of nitrogens with zero attached hydrogens (tertiary/aromatic N) is 1. The van der Waals surface area contributed by atoms with Gasteiger partial charge in [0.2, 0.25) is 5.91 Å². The molecule has 2 aromatic rings. The summed E-state index contributed by atoms with van der Waals surface area (Å²) in [4.78, 5) is 15.1. The van der Waals surface area contributed by atoms with Crippen LogP contribution in [0.25, 0.3) is 0 Å². The van der Waals surface area contributed by atoms with E-state index in [9.17, 15) is 13.6 Å². The molecule has 4 nitrogen and oxygen atoms in total. The summed E-state index contributed by atoms with van der Waals surface area (Å²) >= 11 is 0. The van der Waals surface area contributed by atoms with Crippen LogP contribution in [0.2, 0.25) is 0 Å². The molecule has 1 saturated heterocycles. The van der Waals surface area contributed by atoms with E-state index in [1.165, 1.54) is 18.2 Å². The number of amides is 1. The monoisotopic (exact) mass is 386 g/mol. The Balaban J connectivity index is 1.54. The topological polar surface area (TPSA) is 41.6 Å². The maximum Gasteiger partial charge on any atom is 0.235 e. The third kappa shape index (κ3) is 3.61. The van der Waals surface area contributed by atoms with Gasteiger partial charge in [-0.05, 0) is 48.7 Å². The SMILES string of the molecule is O=C(Nc1ccc(N2CCOCC2)c(F)c1)C1(c2ccc(F)cc2)CCCC1. The van der Waals surface area contributed by atoms with E-state index in [-0.39, 0.29) is 17.5 Å². The molecule has 1 N–H and O–H groups in total. The van der Waals surface area contributed by atoms with E-state index in [0.717, 1.165) is 18.4 Å². The molecule has 1 amide bonds. The lowest BCUT2D eigenvalue weighted by Crippen LogP contribution is -2.38. The Hall–Kier alpha value is -2.47. The van der Waals surface area contributed by atoms with Gasteiger partial charge in [-0.3, -0.25) is 4.79 Å². The van der Waals surface area contributed by atoms with E-state index >= 15 is 0 Å². The van der Waals surface area contributed by atoms with Crippen molar-refractivity contribution in [3.63, 3.8) is 0 Å². The van der Waals surface area contributed by atoms with Gasteiger partial charge in [-0.2, -0.15) is 0 Å². The summed E-state index contributed by atoms with van der Waals surface area (Å²) in [5.41, 5.74) is 1.09. The first-order valence-electron chi connectivity index (χ1n) is 9.78. The van der Waals surface area contributed by atoms with Gasteiger partial charge in [0.1, 0.15) is 11.6 Å². The van der Waals surface area contributed by atoms with Crippen molar-refractivity contribution in [1.82, 2.24) is 0 Å². The zero-order valence-corrected chi connectivity index (χ0v) is 15.7. The molecule has 1 aliphatic heterocycles. The highest BCUT2D eigenvalue weighted by molar-refractivity contribution is 5.99. The Labute approximate surface area is 163 Å². The molecular weight excluding hydrogens is 362 g/mol. The van der Waals surface area contributed by atoms with Gasteiger partial charge in [-0.25, -0.2) is 8.78 Å². The van der Waals surface area contributed by atoms with Crippen LogP contribution in [0.4, 0.5) is 20.2 Å². The Morgan fingerprint density at radius 2 is 1.68 bits per heavy atom. The third-order valence-electron chi connectivity index (χ3n) is 5.85. The Bertz CT molecular complexity index is 842. The van der Waals surface area contributed by atoms with Crippen LogP contribution in [0.1, 0.15) is 31.2 Å².